The molecule has 0 aromatic heterocycles. The summed E-state index contributed by atoms with van der Waals surface area (Å²) in [5.74, 6) is 0. The second-order valence-corrected chi connectivity index (χ2v) is 3.78. The Balaban J connectivity index is 1.98. The highest BCUT2D eigenvalue weighted by Gasteiger charge is 2.35. The fraction of sp³-hybridized carbons (Fsp3) is 1.00. The number of hydrogen-bond donors (Lipinski definition) is 3. The van der Waals surface area contributed by atoms with Crippen molar-refractivity contribution in [2.45, 2.75) is 18.4 Å². The van der Waals surface area contributed by atoms with Gasteiger partial charge in [-0.1, -0.05) is 0 Å². The Labute approximate surface area is 65.6 Å². The maximum absolute atomic E-state index is 3.42. The quantitative estimate of drug-likeness (QED) is 0.430. The van der Waals surface area contributed by atoms with Crippen LogP contribution in [0.5, 0.6) is 0 Å². The highest BCUT2D eigenvalue weighted by molar-refractivity contribution is 7.95. The highest BCUT2D eigenvalue weighted by atomic mass is 32.2. The van der Waals surface area contributed by atoms with Crippen LogP contribution in [0.15, 0.2) is 0 Å². The van der Waals surface area contributed by atoms with Gasteiger partial charge in [0, 0.05) is 25.2 Å². The van der Waals surface area contributed by atoms with Crippen LogP contribution in [0.4, 0.5) is 0 Å². The van der Waals surface area contributed by atoms with E-state index >= 15 is 0 Å². The molecule has 2 rings (SSSR count). The standard InChI is InChI=1S/C6H13N3S/c1-2-6(4-7-3-1)5-8-10-9-6/h7-9H,1-5H2. The fourth-order valence-electron chi connectivity index (χ4n) is 1.56. The molecule has 3 nitrogen and oxygen atoms in total. The molecule has 1 unspecified atom stereocenters. The number of nitrogens with one attached hydrogen (secondary N) is 3. The van der Waals surface area contributed by atoms with Crippen molar-refractivity contribution in [3.63, 3.8) is 0 Å². The van der Waals surface area contributed by atoms with Crippen molar-refractivity contribution in [2.75, 3.05) is 19.6 Å². The number of piperidine rings is 1. The van der Waals surface area contributed by atoms with Gasteiger partial charge in [-0.15, -0.1) is 0 Å². The predicted molar refractivity (Wildman–Crippen MR) is 43.6 cm³/mol. The molecule has 2 aliphatic rings. The van der Waals surface area contributed by atoms with Gasteiger partial charge < -0.3 is 5.32 Å². The molecule has 58 valence electrons. The summed E-state index contributed by atoms with van der Waals surface area (Å²) >= 11 is 1.64. The third kappa shape index (κ3) is 1.16. The molecule has 0 amide bonds. The van der Waals surface area contributed by atoms with Crippen LogP contribution in [0.1, 0.15) is 12.8 Å². The molecule has 2 fully saturated rings. The van der Waals surface area contributed by atoms with Crippen LogP contribution >= 0.6 is 12.1 Å². The van der Waals surface area contributed by atoms with Gasteiger partial charge in [-0.3, -0.25) is 0 Å². The first-order chi connectivity index (χ1) is 4.91. The Kier molecular flexibility index (Phi) is 1.86. The minimum absolute atomic E-state index is 0.364. The Hall–Kier alpha value is 0.230. The molecule has 0 aromatic carbocycles. The lowest BCUT2D eigenvalue weighted by molar-refractivity contribution is 0.311. The molecule has 10 heavy (non-hydrogen) atoms. The van der Waals surface area contributed by atoms with E-state index in [1.807, 2.05) is 0 Å². The first-order valence-electron chi connectivity index (χ1n) is 3.78. The van der Waals surface area contributed by atoms with E-state index in [1.54, 1.807) is 12.1 Å². The van der Waals surface area contributed by atoms with Gasteiger partial charge in [-0.05, 0) is 19.4 Å². The average Bonchev–Trinajstić information content (AvgIpc) is 2.39. The van der Waals surface area contributed by atoms with Gasteiger partial charge in [-0.25, -0.2) is 9.44 Å². The molecule has 0 aromatic rings. The van der Waals surface area contributed by atoms with Crippen LogP contribution in [-0.2, 0) is 0 Å². The molecular weight excluding hydrogens is 146 g/mol. The van der Waals surface area contributed by atoms with Gasteiger partial charge in [-0.2, -0.15) is 0 Å². The summed E-state index contributed by atoms with van der Waals surface area (Å²) in [6.45, 7) is 3.41. The molecule has 4 heteroatoms. The lowest BCUT2D eigenvalue weighted by Gasteiger charge is -2.32. The molecule has 1 atom stereocenters. The van der Waals surface area contributed by atoms with Crippen LogP contribution in [0.25, 0.3) is 0 Å². The van der Waals surface area contributed by atoms with E-state index < -0.39 is 0 Å². The van der Waals surface area contributed by atoms with Gasteiger partial charge in [0.2, 0.25) is 0 Å². The normalized spacial score (nSPS) is 40.8. The minimum Gasteiger partial charge on any atom is -0.315 e. The van der Waals surface area contributed by atoms with E-state index in [0.717, 1.165) is 13.1 Å². The number of hydrogen-bond acceptors (Lipinski definition) is 4. The van der Waals surface area contributed by atoms with Crippen LogP contribution in [0.2, 0.25) is 0 Å². The predicted octanol–water partition coefficient (Wildman–Crippen LogP) is -0.135. The Bertz CT molecular complexity index is 114. The van der Waals surface area contributed by atoms with E-state index in [1.165, 1.54) is 19.4 Å². The van der Waals surface area contributed by atoms with Gasteiger partial charge in [0.25, 0.3) is 0 Å². The SMILES string of the molecule is C1CNCC2(C1)CNSN2. The highest BCUT2D eigenvalue weighted by Crippen LogP contribution is 2.22. The molecule has 0 bridgehead atoms. The van der Waals surface area contributed by atoms with E-state index in [4.69, 9.17) is 0 Å². The average molecular weight is 159 g/mol. The first kappa shape index (κ1) is 6.91. The molecule has 0 radical (unpaired) electrons. The van der Waals surface area contributed by atoms with Crippen molar-refractivity contribution in [3.05, 3.63) is 0 Å². The smallest absolute Gasteiger partial charge is 0.0553 e. The summed E-state index contributed by atoms with van der Waals surface area (Å²) in [5.41, 5.74) is 0.364. The first-order valence-corrected chi connectivity index (χ1v) is 4.60. The Morgan fingerprint density at radius 2 is 2.30 bits per heavy atom. The van der Waals surface area contributed by atoms with Crippen molar-refractivity contribution in [1.82, 2.24) is 14.8 Å². The van der Waals surface area contributed by atoms with Crippen molar-refractivity contribution in [2.24, 2.45) is 0 Å². The third-order valence-electron chi connectivity index (χ3n) is 2.22. The third-order valence-corrected chi connectivity index (χ3v) is 3.05. The van der Waals surface area contributed by atoms with Crippen LogP contribution < -0.4 is 14.8 Å². The number of rotatable bonds is 0. The zero-order chi connectivity index (χ0) is 6.86. The van der Waals surface area contributed by atoms with E-state index in [2.05, 4.69) is 14.8 Å². The maximum atomic E-state index is 3.42. The summed E-state index contributed by atoms with van der Waals surface area (Å²) in [4.78, 5) is 0. The zero-order valence-corrected chi connectivity index (χ0v) is 6.76. The summed E-state index contributed by atoms with van der Waals surface area (Å²) in [5, 5.41) is 3.40. The summed E-state index contributed by atoms with van der Waals surface area (Å²) < 4.78 is 6.66. The second kappa shape index (κ2) is 2.70. The van der Waals surface area contributed by atoms with Crippen molar-refractivity contribution < 1.29 is 0 Å². The fourth-order valence-corrected chi connectivity index (χ4v) is 2.44. The summed E-state index contributed by atoms with van der Waals surface area (Å²) in [7, 11) is 0. The molecule has 0 saturated carbocycles. The van der Waals surface area contributed by atoms with Crippen molar-refractivity contribution in [1.29, 1.82) is 0 Å². The lowest BCUT2D eigenvalue weighted by atomic mass is 9.92. The minimum atomic E-state index is 0.364. The van der Waals surface area contributed by atoms with E-state index in [9.17, 15) is 0 Å². The summed E-state index contributed by atoms with van der Waals surface area (Å²) in [6, 6.07) is 0. The molecule has 3 N–H and O–H groups in total. The Morgan fingerprint density at radius 1 is 1.30 bits per heavy atom. The van der Waals surface area contributed by atoms with E-state index in [0.29, 0.717) is 5.54 Å². The molecular formula is C6H13N3S. The monoisotopic (exact) mass is 159 g/mol. The topological polar surface area (TPSA) is 36.1 Å². The van der Waals surface area contributed by atoms with Gasteiger partial charge in [0.05, 0.1) is 5.54 Å². The van der Waals surface area contributed by atoms with Crippen molar-refractivity contribution in [3.8, 4) is 0 Å². The molecule has 2 saturated heterocycles. The second-order valence-electron chi connectivity index (χ2n) is 3.09. The maximum Gasteiger partial charge on any atom is 0.0553 e. The molecule has 2 aliphatic heterocycles. The van der Waals surface area contributed by atoms with Crippen LogP contribution in [-0.4, -0.2) is 25.2 Å². The zero-order valence-electron chi connectivity index (χ0n) is 5.94. The van der Waals surface area contributed by atoms with E-state index in [-0.39, 0.29) is 0 Å². The molecule has 2 heterocycles. The largest absolute Gasteiger partial charge is 0.315 e. The Morgan fingerprint density at radius 3 is 2.90 bits per heavy atom. The van der Waals surface area contributed by atoms with Gasteiger partial charge in [0.1, 0.15) is 0 Å². The summed E-state index contributed by atoms with van der Waals surface area (Å²) in [6.07, 6.45) is 2.61. The molecule has 0 aliphatic carbocycles. The van der Waals surface area contributed by atoms with Crippen LogP contribution in [0, 0.1) is 0 Å². The van der Waals surface area contributed by atoms with Crippen LogP contribution in [0.3, 0.4) is 0 Å². The molecule has 1 spiro atoms. The van der Waals surface area contributed by atoms with Crippen molar-refractivity contribution >= 4 is 12.1 Å². The van der Waals surface area contributed by atoms with Gasteiger partial charge >= 0.3 is 0 Å². The van der Waals surface area contributed by atoms with Gasteiger partial charge in [0.15, 0.2) is 0 Å². The lowest BCUT2D eigenvalue weighted by Crippen LogP contribution is -2.53.